The molecule has 0 amide bonds. The fourth-order valence-electron chi connectivity index (χ4n) is 1.97. The topological polar surface area (TPSA) is 17.1 Å². The molecule has 0 bridgehead atoms. The molecule has 0 unspecified atom stereocenters. The third kappa shape index (κ3) is 3.67. The molecule has 0 heterocycles. The number of allylic oxidation sites excluding steroid dienone is 1. The average Bonchev–Trinajstić information content (AvgIpc) is 2.45. The summed E-state index contributed by atoms with van der Waals surface area (Å²) in [5, 5.41) is 0. The monoisotopic (exact) mass is 264 g/mol. The van der Waals surface area contributed by atoms with E-state index in [-0.39, 0.29) is 11.2 Å². The molecule has 102 valence electrons. The van der Waals surface area contributed by atoms with Crippen molar-refractivity contribution < 1.29 is 4.79 Å². The van der Waals surface area contributed by atoms with Crippen LogP contribution in [-0.2, 0) is 5.41 Å². The molecule has 2 aromatic rings. The third-order valence-corrected chi connectivity index (χ3v) is 3.24. The second-order valence-corrected chi connectivity index (χ2v) is 5.94. The second kappa shape index (κ2) is 5.87. The number of hydrogen-bond donors (Lipinski definition) is 0. The zero-order chi connectivity index (χ0) is 14.6. The molecule has 20 heavy (non-hydrogen) atoms. The Bertz CT molecular complexity index is 616. The summed E-state index contributed by atoms with van der Waals surface area (Å²) in [6, 6.07) is 17.7. The van der Waals surface area contributed by atoms with Crippen LogP contribution in [0.4, 0.5) is 0 Å². The summed E-state index contributed by atoms with van der Waals surface area (Å²) in [5.41, 5.74) is 3.01. The van der Waals surface area contributed by atoms with Crippen molar-refractivity contribution in [3.05, 3.63) is 77.4 Å². The Morgan fingerprint density at radius 1 is 0.950 bits per heavy atom. The van der Waals surface area contributed by atoms with Gasteiger partial charge >= 0.3 is 0 Å². The van der Waals surface area contributed by atoms with Crippen LogP contribution in [0.15, 0.2) is 60.7 Å². The molecule has 0 radical (unpaired) electrons. The molecule has 0 aromatic heterocycles. The van der Waals surface area contributed by atoms with E-state index in [1.54, 1.807) is 6.08 Å². The average molecular weight is 264 g/mol. The Morgan fingerprint density at radius 2 is 1.65 bits per heavy atom. The minimum absolute atomic E-state index is 0.0416. The van der Waals surface area contributed by atoms with Gasteiger partial charge in [0, 0.05) is 5.56 Å². The first-order valence-corrected chi connectivity index (χ1v) is 6.85. The first kappa shape index (κ1) is 14.3. The number of benzene rings is 2. The van der Waals surface area contributed by atoms with Gasteiger partial charge in [0.1, 0.15) is 0 Å². The first-order chi connectivity index (χ1) is 9.47. The SMILES string of the molecule is CC(C)(C)c1cccc(C(=O)C=Cc2ccccc2)c1. The highest BCUT2D eigenvalue weighted by molar-refractivity contribution is 6.06. The van der Waals surface area contributed by atoms with E-state index >= 15 is 0 Å². The molecular weight excluding hydrogens is 244 g/mol. The maximum absolute atomic E-state index is 12.2. The number of ketones is 1. The highest BCUT2D eigenvalue weighted by Crippen LogP contribution is 2.23. The standard InChI is InChI=1S/C19H20O/c1-19(2,3)17-11-7-10-16(14-17)18(20)13-12-15-8-5-4-6-9-15/h4-14H,1-3H3. The maximum Gasteiger partial charge on any atom is 0.185 e. The summed E-state index contributed by atoms with van der Waals surface area (Å²) < 4.78 is 0. The summed E-state index contributed by atoms with van der Waals surface area (Å²) in [7, 11) is 0. The van der Waals surface area contributed by atoms with Crippen LogP contribution in [0.5, 0.6) is 0 Å². The highest BCUT2D eigenvalue weighted by atomic mass is 16.1. The molecule has 0 atom stereocenters. The number of rotatable bonds is 3. The van der Waals surface area contributed by atoms with Crippen molar-refractivity contribution in [2.24, 2.45) is 0 Å². The Labute approximate surface area is 121 Å². The fraction of sp³-hybridized carbons (Fsp3) is 0.211. The van der Waals surface area contributed by atoms with Crippen molar-refractivity contribution in [2.45, 2.75) is 26.2 Å². The predicted octanol–water partition coefficient (Wildman–Crippen LogP) is 4.88. The molecule has 1 nitrogen and oxygen atoms in total. The van der Waals surface area contributed by atoms with Crippen LogP contribution >= 0.6 is 0 Å². The number of hydrogen-bond acceptors (Lipinski definition) is 1. The third-order valence-electron chi connectivity index (χ3n) is 3.24. The van der Waals surface area contributed by atoms with Crippen molar-refractivity contribution >= 4 is 11.9 Å². The second-order valence-electron chi connectivity index (χ2n) is 5.94. The molecular formula is C19H20O. The van der Waals surface area contributed by atoms with Crippen molar-refractivity contribution in [3.8, 4) is 0 Å². The molecule has 0 N–H and O–H groups in total. The molecule has 1 heteroatoms. The van der Waals surface area contributed by atoms with Crippen molar-refractivity contribution in [3.63, 3.8) is 0 Å². The van der Waals surface area contributed by atoms with E-state index in [4.69, 9.17) is 0 Å². The van der Waals surface area contributed by atoms with E-state index in [2.05, 4.69) is 26.8 Å². The molecule has 0 fully saturated rings. The van der Waals surface area contributed by atoms with Crippen LogP contribution in [0.3, 0.4) is 0 Å². The van der Waals surface area contributed by atoms with E-state index in [1.807, 2.05) is 54.6 Å². The Morgan fingerprint density at radius 3 is 2.30 bits per heavy atom. The summed E-state index contributed by atoms with van der Waals surface area (Å²) in [6.07, 6.45) is 3.49. The molecule has 2 aromatic carbocycles. The lowest BCUT2D eigenvalue weighted by molar-refractivity contribution is 0.104. The van der Waals surface area contributed by atoms with Gasteiger partial charge in [-0.15, -0.1) is 0 Å². The zero-order valence-electron chi connectivity index (χ0n) is 12.3. The lowest BCUT2D eigenvalue weighted by atomic mass is 9.86. The highest BCUT2D eigenvalue weighted by Gasteiger charge is 2.14. The molecule has 0 spiro atoms. The van der Waals surface area contributed by atoms with Gasteiger partial charge in [0.15, 0.2) is 5.78 Å². The molecule has 0 aliphatic carbocycles. The summed E-state index contributed by atoms with van der Waals surface area (Å²) in [6.45, 7) is 6.45. The van der Waals surface area contributed by atoms with Crippen molar-refractivity contribution in [2.75, 3.05) is 0 Å². The van der Waals surface area contributed by atoms with Crippen LogP contribution in [0.1, 0.15) is 42.3 Å². The fourth-order valence-corrected chi connectivity index (χ4v) is 1.97. The lowest BCUT2D eigenvalue weighted by Crippen LogP contribution is -2.11. The van der Waals surface area contributed by atoms with Crippen LogP contribution in [0.25, 0.3) is 6.08 Å². The molecule has 2 rings (SSSR count). The zero-order valence-corrected chi connectivity index (χ0v) is 12.3. The van der Waals surface area contributed by atoms with E-state index in [0.717, 1.165) is 11.1 Å². The van der Waals surface area contributed by atoms with Crippen molar-refractivity contribution in [1.29, 1.82) is 0 Å². The van der Waals surface area contributed by atoms with Gasteiger partial charge in [-0.25, -0.2) is 0 Å². The minimum Gasteiger partial charge on any atom is -0.289 e. The molecule has 0 saturated heterocycles. The first-order valence-electron chi connectivity index (χ1n) is 6.85. The Balaban J connectivity index is 2.20. The lowest BCUT2D eigenvalue weighted by Gasteiger charge is -2.19. The van der Waals surface area contributed by atoms with Gasteiger partial charge in [-0.2, -0.15) is 0 Å². The van der Waals surface area contributed by atoms with E-state index in [1.165, 1.54) is 5.56 Å². The summed E-state index contributed by atoms with van der Waals surface area (Å²) in [4.78, 5) is 12.2. The van der Waals surface area contributed by atoms with Crippen molar-refractivity contribution in [1.82, 2.24) is 0 Å². The quantitative estimate of drug-likeness (QED) is 0.570. The number of carbonyl (C=O) groups excluding carboxylic acids is 1. The van der Waals surface area contributed by atoms with Gasteiger partial charge in [0.05, 0.1) is 0 Å². The van der Waals surface area contributed by atoms with E-state index < -0.39 is 0 Å². The molecule has 0 saturated carbocycles. The maximum atomic E-state index is 12.2. The van der Waals surface area contributed by atoms with Gasteiger partial charge in [-0.1, -0.05) is 75.4 Å². The van der Waals surface area contributed by atoms with Crippen LogP contribution in [0, 0.1) is 0 Å². The van der Waals surface area contributed by atoms with Crippen LogP contribution in [0.2, 0.25) is 0 Å². The molecule has 0 aliphatic heterocycles. The van der Waals surface area contributed by atoms with Gasteiger partial charge in [-0.05, 0) is 28.7 Å². The van der Waals surface area contributed by atoms with Crippen LogP contribution < -0.4 is 0 Å². The van der Waals surface area contributed by atoms with Gasteiger partial charge in [0.2, 0.25) is 0 Å². The van der Waals surface area contributed by atoms with E-state index in [0.29, 0.717) is 0 Å². The van der Waals surface area contributed by atoms with Gasteiger partial charge in [-0.3, -0.25) is 4.79 Å². The smallest absolute Gasteiger partial charge is 0.185 e. The Hall–Kier alpha value is -2.15. The predicted molar refractivity (Wildman–Crippen MR) is 84.9 cm³/mol. The molecule has 0 aliphatic rings. The van der Waals surface area contributed by atoms with Gasteiger partial charge < -0.3 is 0 Å². The minimum atomic E-state index is 0.0416. The summed E-state index contributed by atoms with van der Waals surface area (Å²) >= 11 is 0. The van der Waals surface area contributed by atoms with E-state index in [9.17, 15) is 4.79 Å². The number of carbonyl (C=O) groups is 1. The van der Waals surface area contributed by atoms with Gasteiger partial charge in [0.25, 0.3) is 0 Å². The summed E-state index contributed by atoms with van der Waals surface area (Å²) in [5.74, 6) is 0.0416. The normalized spacial score (nSPS) is 11.8. The van der Waals surface area contributed by atoms with Crippen LogP contribution in [-0.4, -0.2) is 5.78 Å². The largest absolute Gasteiger partial charge is 0.289 e. The Kier molecular flexibility index (Phi) is 4.19.